The summed E-state index contributed by atoms with van der Waals surface area (Å²) in [6.45, 7) is 9.38. The van der Waals surface area contributed by atoms with Crippen LogP contribution >= 0.6 is 0 Å². The Balaban J connectivity index is 1.31. The predicted octanol–water partition coefficient (Wildman–Crippen LogP) is 15.3. The fourth-order valence-electron chi connectivity index (χ4n) is 8.50. The highest BCUT2D eigenvalue weighted by atomic mass is 19.4. The van der Waals surface area contributed by atoms with Crippen molar-refractivity contribution >= 4 is 27.5 Å². The Morgan fingerprint density at radius 2 is 1.11 bits per heavy atom. The minimum Gasteiger partial charge on any atom is -0.308 e. The molecule has 0 fully saturated rings. The van der Waals surface area contributed by atoms with E-state index < -0.39 is 11.7 Å². The van der Waals surface area contributed by atoms with Gasteiger partial charge in [0.15, 0.2) is 11.5 Å². The third-order valence-corrected chi connectivity index (χ3v) is 11.6. The molecule has 304 valence electrons. The molecule has 8 heteroatoms. The normalized spacial score (nSPS) is 11.4. The van der Waals surface area contributed by atoms with Gasteiger partial charge in [0, 0.05) is 38.6 Å². The number of halogens is 3. The highest BCUT2D eigenvalue weighted by Crippen LogP contribution is 2.46. The van der Waals surface area contributed by atoms with Crippen LogP contribution in [0, 0.1) is 24.8 Å². The zero-order chi connectivity index (χ0) is 44.0. The van der Waals surface area contributed by atoms with Crippen LogP contribution in [0.2, 0.25) is 0 Å². The van der Waals surface area contributed by atoms with Gasteiger partial charge < -0.3 is 4.57 Å². The van der Waals surface area contributed by atoms with Gasteiger partial charge in [-0.25, -0.2) is 14.8 Å². The topological polar surface area (TPSA) is 58.9 Å². The first-order valence-electron chi connectivity index (χ1n) is 20.6. The molecule has 2 aromatic heterocycles. The molecule has 0 saturated heterocycles. The Labute approximate surface area is 367 Å². The van der Waals surface area contributed by atoms with Crippen LogP contribution in [0.5, 0.6) is 0 Å². The van der Waals surface area contributed by atoms with Gasteiger partial charge in [-0.05, 0) is 83.8 Å². The Morgan fingerprint density at radius 1 is 0.531 bits per heavy atom. The van der Waals surface area contributed by atoms with Crippen LogP contribution in [-0.2, 0) is 6.18 Å². The van der Waals surface area contributed by atoms with Gasteiger partial charge in [-0.3, -0.25) is 0 Å². The Kier molecular flexibility index (Phi) is 9.90. The number of fused-ring (bicyclic) bond motifs is 3. The highest BCUT2D eigenvalue weighted by molar-refractivity contribution is 6.12. The second-order valence-electron chi connectivity index (χ2n) is 15.6. The number of aromatic nitrogens is 3. The first kappa shape index (κ1) is 39.5. The van der Waals surface area contributed by atoms with E-state index in [1.54, 1.807) is 49.4 Å². The summed E-state index contributed by atoms with van der Waals surface area (Å²) in [7, 11) is 0. The molecule has 5 nitrogen and oxygen atoms in total. The molecular formula is C56H34F3N5. The number of hydrogen-bond donors (Lipinski definition) is 0. The maximum atomic E-state index is 14.5. The number of para-hydroxylation sites is 1. The lowest BCUT2D eigenvalue weighted by atomic mass is 9.91. The SMILES string of the molecule is [C-]#[N+]c1ccc(-c2cc(-c3cc(-c4ccccc4)nc(-c4ccccc4)n3)cc(-c3ccc(C#N)cc3)c2-n2c3ccccc3c3cc(-c4ccc(C)cc4C(F)(F)F)ccc32)cc1. The van der Waals surface area contributed by atoms with Gasteiger partial charge in [0.05, 0.1) is 51.9 Å². The summed E-state index contributed by atoms with van der Waals surface area (Å²) >= 11 is 0. The van der Waals surface area contributed by atoms with Crippen LogP contribution in [0.15, 0.2) is 188 Å². The maximum Gasteiger partial charge on any atom is 0.417 e. The monoisotopic (exact) mass is 833 g/mol. The molecule has 0 spiro atoms. The summed E-state index contributed by atoms with van der Waals surface area (Å²) < 4.78 is 45.8. The van der Waals surface area contributed by atoms with Crippen molar-refractivity contribution in [1.29, 1.82) is 5.26 Å². The lowest BCUT2D eigenvalue weighted by Crippen LogP contribution is -2.07. The molecule has 0 aliphatic rings. The van der Waals surface area contributed by atoms with Crippen LogP contribution in [0.3, 0.4) is 0 Å². The van der Waals surface area contributed by atoms with Gasteiger partial charge in [0.1, 0.15) is 0 Å². The van der Waals surface area contributed by atoms with Gasteiger partial charge in [0.25, 0.3) is 0 Å². The van der Waals surface area contributed by atoms with Crippen molar-refractivity contribution in [3.8, 4) is 79.0 Å². The molecule has 0 saturated carbocycles. The van der Waals surface area contributed by atoms with E-state index in [1.165, 1.54) is 6.07 Å². The molecule has 10 aromatic rings. The van der Waals surface area contributed by atoms with Crippen molar-refractivity contribution in [3.05, 3.63) is 216 Å². The molecule has 0 unspecified atom stereocenters. The second kappa shape index (κ2) is 16.0. The van der Waals surface area contributed by atoms with E-state index in [9.17, 15) is 18.4 Å². The first-order valence-corrected chi connectivity index (χ1v) is 20.6. The summed E-state index contributed by atoms with van der Waals surface area (Å²) in [5.41, 5.74) is 11.1. The van der Waals surface area contributed by atoms with E-state index >= 15 is 0 Å². The van der Waals surface area contributed by atoms with Crippen molar-refractivity contribution in [1.82, 2.24) is 14.5 Å². The number of rotatable bonds is 7. The van der Waals surface area contributed by atoms with Crippen molar-refractivity contribution in [2.75, 3.05) is 0 Å². The average Bonchev–Trinajstić information content (AvgIpc) is 3.67. The van der Waals surface area contributed by atoms with Crippen LogP contribution in [0.25, 0.3) is 99.6 Å². The second-order valence-corrected chi connectivity index (χ2v) is 15.6. The summed E-state index contributed by atoms with van der Waals surface area (Å²) in [4.78, 5) is 13.9. The van der Waals surface area contributed by atoms with Gasteiger partial charge in [0.2, 0.25) is 0 Å². The minimum atomic E-state index is -4.55. The summed E-state index contributed by atoms with van der Waals surface area (Å²) in [5, 5.41) is 11.5. The predicted molar refractivity (Wildman–Crippen MR) is 250 cm³/mol. The zero-order valence-corrected chi connectivity index (χ0v) is 34.3. The van der Waals surface area contributed by atoms with Crippen LogP contribution < -0.4 is 0 Å². The molecule has 2 heterocycles. The maximum absolute atomic E-state index is 14.5. The molecule has 10 rings (SSSR count). The lowest BCUT2D eigenvalue weighted by Gasteiger charge is -2.21. The van der Waals surface area contributed by atoms with Crippen LogP contribution in [0.4, 0.5) is 18.9 Å². The Hall–Kier alpha value is -8.59. The van der Waals surface area contributed by atoms with Gasteiger partial charge in [-0.2, -0.15) is 18.4 Å². The summed E-state index contributed by atoms with van der Waals surface area (Å²) in [6.07, 6.45) is -4.55. The third kappa shape index (κ3) is 7.23. The lowest BCUT2D eigenvalue weighted by molar-refractivity contribution is -0.137. The largest absolute Gasteiger partial charge is 0.417 e. The van der Waals surface area contributed by atoms with Gasteiger partial charge >= 0.3 is 6.18 Å². The van der Waals surface area contributed by atoms with E-state index in [0.717, 1.165) is 72.1 Å². The molecule has 0 amide bonds. The Bertz CT molecular complexity index is 3350. The number of alkyl halides is 3. The van der Waals surface area contributed by atoms with Gasteiger partial charge in [-0.15, -0.1) is 0 Å². The zero-order valence-electron chi connectivity index (χ0n) is 34.3. The summed E-state index contributed by atoms with van der Waals surface area (Å²) in [6, 6.07) is 61.0. The number of nitriles is 1. The highest BCUT2D eigenvalue weighted by Gasteiger charge is 2.34. The number of benzene rings is 8. The molecule has 0 bridgehead atoms. The fraction of sp³-hybridized carbons (Fsp3) is 0.0357. The van der Waals surface area contributed by atoms with Crippen molar-refractivity contribution < 1.29 is 13.2 Å². The van der Waals surface area contributed by atoms with E-state index in [4.69, 9.17) is 16.5 Å². The van der Waals surface area contributed by atoms with Crippen molar-refractivity contribution in [2.24, 2.45) is 0 Å². The average molecular weight is 834 g/mol. The van der Waals surface area contributed by atoms with Crippen LogP contribution in [0.1, 0.15) is 16.7 Å². The fourth-order valence-corrected chi connectivity index (χ4v) is 8.50. The summed E-state index contributed by atoms with van der Waals surface area (Å²) in [5.74, 6) is 0.560. The third-order valence-electron chi connectivity index (χ3n) is 11.6. The molecule has 0 atom stereocenters. The van der Waals surface area contributed by atoms with E-state index in [1.807, 2.05) is 127 Å². The molecule has 0 radical (unpaired) electrons. The van der Waals surface area contributed by atoms with E-state index in [0.29, 0.717) is 33.9 Å². The number of hydrogen-bond acceptors (Lipinski definition) is 3. The van der Waals surface area contributed by atoms with Crippen molar-refractivity contribution in [3.63, 3.8) is 0 Å². The molecule has 8 aromatic carbocycles. The van der Waals surface area contributed by atoms with Crippen molar-refractivity contribution in [2.45, 2.75) is 13.1 Å². The quantitative estimate of drug-likeness (QED) is 0.150. The molecule has 0 N–H and O–H groups in total. The molecular weight excluding hydrogens is 800 g/mol. The molecule has 0 aliphatic heterocycles. The standard InChI is InChI=1S/C56H34F3N5/c1-35-17-27-44(49(29-35)56(57,58)59)41-24-28-53-48(30-41)45-15-9-10-16-52(45)64(53)54-46(37-20-18-36(34-60)19-21-37)31-42(32-47(54)38-22-25-43(61-2)26-23-38)51-33-50(39-11-5-3-6-12-39)62-55(63-51)40-13-7-4-8-14-40/h3-33H,1H3. The van der Waals surface area contributed by atoms with E-state index in [2.05, 4.69) is 27.6 Å². The number of nitrogens with zero attached hydrogens (tertiary/aromatic N) is 5. The van der Waals surface area contributed by atoms with E-state index in [-0.39, 0.29) is 5.56 Å². The molecule has 64 heavy (non-hydrogen) atoms. The van der Waals surface area contributed by atoms with Crippen LogP contribution in [-0.4, -0.2) is 14.5 Å². The molecule has 0 aliphatic carbocycles. The first-order chi connectivity index (χ1) is 31.2. The Morgan fingerprint density at radius 3 is 1.75 bits per heavy atom. The van der Waals surface area contributed by atoms with Gasteiger partial charge in [-0.1, -0.05) is 139 Å². The smallest absolute Gasteiger partial charge is 0.308 e. The minimum absolute atomic E-state index is 0.106. The number of aryl methyl sites for hydroxylation is 1.